The van der Waals surface area contributed by atoms with E-state index in [0.29, 0.717) is 6.61 Å². The molecule has 0 spiro atoms. The molecule has 1 saturated heterocycles. The monoisotopic (exact) mass is 650 g/mol. The molecule has 2 unspecified atom stereocenters. The minimum Gasteiger partial charge on any atom is -0.463 e. The van der Waals surface area contributed by atoms with Crippen LogP contribution in [0.3, 0.4) is 0 Å². The minimum atomic E-state index is -1.85. The van der Waals surface area contributed by atoms with E-state index in [4.69, 9.17) is 28.4 Å². The van der Waals surface area contributed by atoms with Gasteiger partial charge < -0.3 is 28.4 Å². The molecule has 1 fully saturated rings. The van der Waals surface area contributed by atoms with Crippen LogP contribution >= 0.6 is 0 Å². The Morgan fingerprint density at radius 3 is 1.56 bits per heavy atom. The van der Waals surface area contributed by atoms with Gasteiger partial charge in [-0.1, -0.05) is 127 Å². The SMILES string of the molecule is C=CC[C@@]1(C(=O)C(=O)OC)OC(COCc2ccccc2)[C@@H](OCc2ccccc2)[C@@H](OCc2ccccc2)C1OCc1ccccc1. The molecule has 0 aromatic heterocycles. The molecule has 4 aromatic rings. The summed E-state index contributed by atoms with van der Waals surface area (Å²) in [5, 5.41) is 0. The highest BCUT2D eigenvalue weighted by Gasteiger charge is 2.61. The van der Waals surface area contributed by atoms with Crippen molar-refractivity contribution in [2.45, 2.75) is 62.9 Å². The summed E-state index contributed by atoms with van der Waals surface area (Å²) in [6.45, 7) is 4.80. The van der Waals surface area contributed by atoms with Gasteiger partial charge in [-0.3, -0.25) is 4.79 Å². The van der Waals surface area contributed by atoms with Gasteiger partial charge in [0, 0.05) is 6.42 Å². The molecule has 1 aliphatic rings. The number of hydrogen-bond donors (Lipinski definition) is 0. The Morgan fingerprint density at radius 1 is 0.667 bits per heavy atom. The van der Waals surface area contributed by atoms with Crippen molar-refractivity contribution in [1.82, 2.24) is 0 Å². The van der Waals surface area contributed by atoms with Crippen molar-refractivity contribution >= 4 is 11.8 Å². The quantitative estimate of drug-likeness (QED) is 0.0736. The molecule has 8 heteroatoms. The summed E-state index contributed by atoms with van der Waals surface area (Å²) in [7, 11) is 1.17. The fourth-order valence-electron chi connectivity index (χ4n) is 5.88. The maximum Gasteiger partial charge on any atom is 0.377 e. The Labute approximate surface area is 282 Å². The van der Waals surface area contributed by atoms with Crippen molar-refractivity contribution in [1.29, 1.82) is 0 Å². The van der Waals surface area contributed by atoms with Crippen LogP contribution in [0.25, 0.3) is 0 Å². The zero-order valence-electron chi connectivity index (χ0n) is 27.1. The van der Waals surface area contributed by atoms with Crippen LogP contribution in [0.2, 0.25) is 0 Å². The summed E-state index contributed by atoms with van der Waals surface area (Å²) >= 11 is 0. The third-order valence-electron chi connectivity index (χ3n) is 8.25. The van der Waals surface area contributed by atoms with E-state index in [-0.39, 0.29) is 32.8 Å². The highest BCUT2D eigenvalue weighted by atomic mass is 16.6. The zero-order valence-corrected chi connectivity index (χ0v) is 27.1. The summed E-state index contributed by atoms with van der Waals surface area (Å²) < 4.78 is 37.9. The molecule has 0 aliphatic carbocycles. The predicted molar refractivity (Wildman–Crippen MR) is 181 cm³/mol. The van der Waals surface area contributed by atoms with E-state index in [1.807, 2.05) is 121 Å². The predicted octanol–water partition coefficient (Wildman–Crippen LogP) is 6.42. The summed E-state index contributed by atoms with van der Waals surface area (Å²) in [5.41, 5.74) is 1.85. The number of ketones is 1. The minimum absolute atomic E-state index is 0.0400. The van der Waals surface area contributed by atoms with E-state index < -0.39 is 41.8 Å². The maximum absolute atomic E-state index is 14.1. The number of methoxy groups -OCH3 is 1. The normalized spacial score (nSPS) is 22.1. The third kappa shape index (κ3) is 8.92. The van der Waals surface area contributed by atoms with Crippen LogP contribution in [-0.2, 0) is 64.4 Å². The number of hydrogen-bond acceptors (Lipinski definition) is 8. The lowest BCUT2D eigenvalue weighted by Crippen LogP contribution is -2.70. The fraction of sp³-hybridized carbons (Fsp3) is 0.300. The number of esters is 1. The largest absolute Gasteiger partial charge is 0.463 e. The first-order valence-electron chi connectivity index (χ1n) is 16.0. The van der Waals surface area contributed by atoms with Crippen molar-refractivity contribution in [3.8, 4) is 0 Å². The number of Topliss-reactive ketones (excluding diaryl/α,β-unsaturated/α-hetero) is 1. The summed E-state index contributed by atoms with van der Waals surface area (Å²) in [5.74, 6) is -1.95. The van der Waals surface area contributed by atoms with Gasteiger partial charge in [-0.15, -0.1) is 6.58 Å². The first-order valence-corrected chi connectivity index (χ1v) is 16.0. The molecule has 1 aliphatic heterocycles. The van der Waals surface area contributed by atoms with E-state index in [2.05, 4.69) is 6.58 Å². The molecule has 0 N–H and O–H groups in total. The van der Waals surface area contributed by atoms with Crippen molar-refractivity contribution in [3.63, 3.8) is 0 Å². The van der Waals surface area contributed by atoms with E-state index >= 15 is 0 Å². The van der Waals surface area contributed by atoms with Gasteiger partial charge in [-0.2, -0.15) is 0 Å². The Hall–Kier alpha value is -4.44. The van der Waals surface area contributed by atoms with Gasteiger partial charge in [0.25, 0.3) is 5.78 Å². The van der Waals surface area contributed by atoms with Gasteiger partial charge in [0.2, 0.25) is 0 Å². The van der Waals surface area contributed by atoms with Gasteiger partial charge in [0.15, 0.2) is 5.60 Å². The summed E-state index contributed by atoms with van der Waals surface area (Å²) in [4.78, 5) is 27.2. The topological polar surface area (TPSA) is 89.5 Å². The highest BCUT2D eigenvalue weighted by Crippen LogP contribution is 2.40. The van der Waals surface area contributed by atoms with Crippen LogP contribution in [-0.4, -0.2) is 55.5 Å². The Balaban J connectivity index is 1.56. The maximum atomic E-state index is 14.1. The number of ether oxygens (including phenoxy) is 6. The third-order valence-corrected chi connectivity index (χ3v) is 8.25. The zero-order chi connectivity index (χ0) is 33.6. The van der Waals surface area contributed by atoms with E-state index in [9.17, 15) is 9.59 Å². The molecule has 1 heterocycles. The van der Waals surface area contributed by atoms with Gasteiger partial charge in [-0.05, 0) is 22.3 Å². The second kappa shape index (κ2) is 17.6. The highest BCUT2D eigenvalue weighted by molar-refractivity contribution is 6.37. The van der Waals surface area contributed by atoms with Crippen LogP contribution in [0, 0.1) is 0 Å². The van der Waals surface area contributed by atoms with Gasteiger partial charge in [-0.25, -0.2) is 4.79 Å². The average molecular weight is 651 g/mol. The molecule has 4 aromatic carbocycles. The molecule has 5 atom stereocenters. The Kier molecular flexibility index (Phi) is 12.8. The molecule has 0 bridgehead atoms. The summed E-state index contributed by atoms with van der Waals surface area (Å²) in [6, 6.07) is 38.8. The van der Waals surface area contributed by atoms with E-state index in [1.165, 1.54) is 7.11 Å². The van der Waals surface area contributed by atoms with Gasteiger partial charge >= 0.3 is 5.97 Å². The smallest absolute Gasteiger partial charge is 0.377 e. The molecule has 0 amide bonds. The second-order valence-corrected chi connectivity index (χ2v) is 11.6. The average Bonchev–Trinajstić information content (AvgIpc) is 3.14. The fourth-order valence-corrected chi connectivity index (χ4v) is 5.88. The lowest BCUT2D eigenvalue weighted by Gasteiger charge is -2.51. The molecule has 8 nitrogen and oxygen atoms in total. The standard InChI is InChI=1S/C40H42O8/c1-3-24-40(37(41)39(42)43-2)38(47-28-33-22-14-7-15-23-33)36(46-27-32-20-12-6-13-21-32)35(45-26-31-18-10-5-11-19-31)34(48-40)29-44-25-30-16-8-4-9-17-30/h3-23,34-36,38H,1,24-29H2,2H3/t34?,35-,36-,38?,40+/m1/s1. The summed E-state index contributed by atoms with van der Waals surface area (Å²) in [6.07, 6.45) is -2.10. The molecular formula is C40H42O8. The second-order valence-electron chi connectivity index (χ2n) is 11.6. The van der Waals surface area contributed by atoms with Crippen LogP contribution in [0.1, 0.15) is 28.7 Å². The van der Waals surface area contributed by atoms with Crippen molar-refractivity contribution in [2.24, 2.45) is 0 Å². The molecule has 0 saturated carbocycles. The molecule has 5 rings (SSSR count). The van der Waals surface area contributed by atoms with Crippen LogP contribution < -0.4 is 0 Å². The molecular weight excluding hydrogens is 608 g/mol. The van der Waals surface area contributed by atoms with Gasteiger partial charge in [0.1, 0.15) is 24.4 Å². The number of benzene rings is 4. The lowest BCUT2D eigenvalue weighted by molar-refractivity contribution is -0.298. The van der Waals surface area contributed by atoms with Gasteiger partial charge in [0.05, 0.1) is 40.1 Å². The van der Waals surface area contributed by atoms with Crippen LogP contribution in [0.4, 0.5) is 0 Å². The number of carbonyl (C=O) groups excluding carboxylic acids is 2. The first kappa shape index (κ1) is 34.9. The number of rotatable bonds is 17. The molecule has 250 valence electrons. The Bertz CT molecular complexity index is 1560. The number of carbonyl (C=O) groups is 2. The van der Waals surface area contributed by atoms with Crippen molar-refractivity contribution in [2.75, 3.05) is 13.7 Å². The van der Waals surface area contributed by atoms with E-state index in [1.54, 1.807) is 6.08 Å². The Morgan fingerprint density at radius 2 is 1.10 bits per heavy atom. The van der Waals surface area contributed by atoms with Crippen LogP contribution in [0.5, 0.6) is 0 Å². The van der Waals surface area contributed by atoms with Crippen LogP contribution in [0.15, 0.2) is 134 Å². The van der Waals surface area contributed by atoms with Crippen molar-refractivity contribution < 1.29 is 38.0 Å². The van der Waals surface area contributed by atoms with Crippen molar-refractivity contribution in [3.05, 3.63) is 156 Å². The van der Waals surface area contributed by atoms with E-state index in [0.717, 1.165) is 22.3 Å². The molecule has 48 heavy (non-hydrogen) atoms. The first-order chi connectivity index (χ1) is 23.5. The lowest BCUT2D eigenvalue weighted by atomic mass is 9.78. The molecule has 0 radical (unpaired) electrons.